The monoisotopic (exact) mass is 451 g/mol. The Labute approximate surface area is 199 Å². The van der Waals surface area contributed by atoms with Crippen molar-refractivity contribution in [1.82, 2.24) is 15.2 Å². The van der Waals surface area contributed by atoms with E-state index in [1.807, 2.05) is 54.6 Å². The lowest BCUT2D eigenvalue weighted by Crippen LogP contribution is -2.31. The zero-order valence-electron chi connectivity index (χ0n) is 19.1. The topological polar surface area (TPSA) is 68.4 Å². The van der Waals surface area contributed by atoms with Crippen LogP contribution in [0.3, 0.4) is 0 Å². The maximum atomic E-state index is 12.9. The Bertz CT molecular complexity index is 1320. The van der Waals surface area contributed by atoms with Gasteiger partial charge in [0.25, 0.3) is 5.91 Å². The lowest BCUT2D eigenvalue weighted by molar-refractivity contribution is 0.0952. The van der Waals surface area contributed by atoms with E-state index in [1.54, 1.807) is 6.07 Å². The van der Waals surface area contributed by atoms with Gasteiger partial charge in [-0.3, -0.25) is 9.69 Å². The summed E-state index contributed by atoms with van der Waals surface area (Å²) in [7, 11) is 0. The smallest absolute Gasteiger partial charge is 0.251 e. The number of hydrogen-bond donors (Lipinski definition) is 3. The molecule has 2 heterocycles. The minimum absolute atomic E-state index is 0.0255. The van der Waals surface area contributed by atoms with E-state index in [1.165, 1.54) is 11.3 Å². The molecule has 0 unspecified atom stereocenters. The predicted molar refractivity (Wildman–Crippen MR) is 137 cm³/mol. The highest BCUT2D eigenvalue weighted by Crippen LogP contribution is 2.30. The number of phenols is 1. The molecule has 0 bridgehead atoms. The Morgan fingerprint density at radius 3 is 2.76 bits per heavy atom. The van der Waals surface area contributed by atoms with Crippen LogP contribution in [0.5, 0.6) is 5.75 Å². The van der Waals surface area contributed by atoms with Crippen LogP contribution >= 0.6 is 0 Å². The van der Waals surface area contributed by atoms with Gasteiger partial charge in [0, 0.05) is 48.3 Å². The van der Waals surface area contributed by atoms with E-state index in [0.717, 1.165) is 60.1 Å². The molecule has 5 heteroatoms. The van der Waals surface area contributed by atoms with E-state index in [0.29, 0.717) is 12.3 Å². The van der Waals surface area contributed by atoms with Crippen LogP contribution in [0.2, 0.25) is 0 Å². The maximum absolute atomic E-state index is 12.9. The number of aromatic hydroxyl groups is 1. The number of amides is 1. The standard InChI is InChI=1S/C29H29N3O2/c33-23-13-14-27-26(18-23)25-15-17-32(20-28(25)31-27)19-22-11-4-5-12-24(22)29(34)30-16-7-6-10-21-8-2-1-3-9-21/h1-6,8-14,18,31,33H,7,15-17,19-20H2,(H,30,34)/b10-6+. The molecular formula is C29H29N3O2. The van der Waals surface area contributed by atoms with Crippen LogP contribution in [-0.4, -0.2) is 34.0 Å². The number of benzene rings is 3. The van der Waals surface area contributed by atoms with Crippen LogP contribution in [0.1, 0.15) is 39.2 Å². The average molecular weight is 452 g/mol. The Balaban J connectivity index is 1.21. The molecule has 5 nitrogen and oxygen atoms in total. The van der Waals surface area contributed by atoms with E-state index >= 15 is 0 Å². The summed E-state index contributed by atoms with van der Waals surface area (Å²) in [4.78, 5) is 18.8. The first-order chi connectivity index (χ1) is 16.7. The molecule has 1 aromatic heterocycles. The van der Waals surface area contributed by atoms with Gasteiger partial charge in [0.05, 0.1) is 0 Å². The fraction of sp³-hybridized carbons (Fsp3) is 0.207. The molecule has 0 spiro atoms. The molecule has 0 radical (unpaired) electrons. The third-order valence-electron chi connectivity index (χ3n) is 6.40. The average Bonchev–Trinajstić information content (AvgIpc) is 3.21. The molecule has 0 atom stereocenters. The molecule has 1 aliphatic heterocycles. The summed E-state index contributed by atoms with van der Waals surface area (Å²) < 4.78 is 0. The lowest BCUT2D eigenvalue weighted by atomic mass is 10.0. The van der Waals surface area contributed by atoms with E-state index in [4.69, 9.17) is 0 Å². The van der Waals surface area contributed by atoms with Gasteiger partial charge in [-0.1, -0.05) is 60.7 Å². The van der Waals surface area contributed by atoms with Crippen LogP contribution in [-0.2, 0) is 19.5 Å². The van der Waals surface area contributed by atoms with E-state index in [-0.39, 0.29) is 5.91 Å². The maximum Gasteiger partial charge on any atom is 0.251 e. The molecule has 0 saturated carbocycles. The zero-order valence-corrected chi connectivity index (χ0v) is 19.1. The molecule has 1 aliphatic rings. The first-order valence-electron chi connectivity index (χ1n) is 11.8. The highest BCUT2D eigenvalue weighted by molar-refractivity contribution is 5.95. The van der Waals surface area contributed by atoms with Crippen molar-refractivity contribution in [3.05, 3.63) is 107 Å². The number of aromatic nitrogens is 1. The predicted octanol–water partition coefficient (Wildman–Crippen LogP) is 5.27. The fourth-order valence-corrected chi connectivity index (χ4v) is 4.69. The summed E-state index contributed by atoms with van der Waals surface area (Å²) >= 11 is 0. The number of phenolic OH excluding ortho intramolecular Hbond substituents is 1. The van der Waals surface area contributed by atoms with E-state index < -0.39 is 0 Å². The van der Waals surface area contributed by atoms with Crippen molar-refractivity contribution in [2.45, 2.75) is 25.9 Å². The molecule has 3 N–H and O–H groups in total. The Morgan fingerprint density at radius 1 is 1.06 bits per heavy atom. The summed E-state index contributed by atoms with van der Waals surface area (Å²) in [5.41, 5.74) is 6.48. The Kier molecular flexibility index (Phi) is 6.45. The zero-order chi connectivity index (χ0) is 23.3. The van der Waals surface area contributed by atoms with Crippen LogP contribution in [0.4, 0.5) is 0 Å². The first-order valence-corrected chi connectivity index (χ1v) is 11.8. The Hall–Kier alpha value is -3.83. The number of fused-ring (bicyclic) bond motifs is 3. The number of carbonyl (C=O) groups excluding carboxylic acids is 1. The number of H-pyrrole nitrogens is 1. The SMILES string of the molecule is O=C(NCC/C=C/c1ccccc1)c1ccccc1CN1CCc2c([nH]c3ccc(O)cc23)C1. The van der Waals surface area contributed by atoms with Gasteiger partial charge in [-0.2, -0.15) is 0 Å². The van der Waals surface area contributed by atoms with Gasteiger partial charge in [-0.25, -0.2) is 0 Å². The molecule has 34 heavy (non-hydrogen) atoms. The van der Waals surface area contributed by atoms with Crippen molar-refractivity contribution in [2.75, 3.05) is 13.1 Å². The van der Waals surface area contributed by atoms with Gasteiger partial charge in [0.1, 0.15) is 5.75 Å². The summed E-state index contributed by atoms with van der Waals surface area (Å²) in [6.07, 6.45) is 5.87. The largest absolute Gasteiger partial charge is 0.508 e. The summed E-state index contributed by atoms with van der Waals surface area (Å²) in [5, 5.41) is 14.0. The number of carbonyl (C=O) groups is 1. The molecule has 0 aliphatic carbocycles. The highest BCUT2D eigenvalue weighted by atomic mass is 16.3. The number of rotatable bonds is 7. The number of hydrogen-bond acceptors (Lipinski definition) is 3. The van der Waals surface area contributed by atoms with Gasteiger partial charge in [-0.05, 0) is 53.8 Å². The normalized spacial score (nSPS) is 13.9. The van der Waals surface area contributed by atoms with Crippen LogP contribution < -0.4 is 5.32 Å². The first kappa shape index (κ1) is 22.0. The minimum Gasteiger partial charge on any atom is -0.508 e. The second-order valence-electron chi connectivity index (χ2n) is 8.79. The van der Waals surface area contributed by atoms with Crippen molar-refractivity contribution >= 4 is 22.9 Å². The molecule has 0 saturated heterocycles. The molecule has 3 aromatic carbocycles. The van der Waals surface area contributed by atoms with Crippen molar-refractivity contribution in [1.29, 1.82) is 0 Å². The van der Waals surface area contributed by atoms with Crippen molar-refractivity contribution in [2.24, 2.45) is 0 Å². The van der Waals surface area contributed by atoms with Gasteiger partial charge in [0.15, 0.2) is 0 Å². The molecule has 0 fully saturated rings. The number of nitrogens with zero attached hydrogens (tertiary/aromatic N) is 1. The van der Waals surface area contributed by atoms with E-state index in [9.17, 15) is 9.90 Å². The summed E-state index contributed by atoms with van der Waals surface area (Å²) in [6.45, 7) is 3.03. The summed E-state index contributed by atoms with van der Waals surface area (Å²) in [6, 6.07) is 23.5. The Morgan fingerprint density at radius 2 is 1.88 bits per heavy atom. The molecule has 1 amide bonds. The highest BCUT2D eigenvalue weighted by Gasteiger charge is 2.22. The van der Waals surface area contributed by atoms with Gasteiger partial charge >= 0.3 is 0 Å². The van der Waals surface area contributed by atoms with Crippen molar-refractivity contribution in [3.63, 3.8) is 0 Å². The summed E-state index contributed by atoms with van der Waals surface area (Å²) in [5.74, 6) is 0.273. The van der Waals surface area contributed by atoms with Gasteiger partial charge < -0.3 is 15.4 Å². The number of nitrogens with one attached hydrogen (secondary N) is 2. The van der Waals surface area contributed by atoms with Gasteiger partial charge in [0.2, 0.25) is 0 Å². The number of aromatic amines is 1. The fourth-order valence-electron chi connectivity index (χ4n) is 4.69. The van der Waals surface area contributed by atoms with Crippen molar-refractivity contribution in [3.8, 4) is 5.75 Å². The quantitative estimate of drug-likeness (QED) is 0.336. The van der Waals surface area contributed by atoms with Crippen LogP contribution in [0.15, 0.2) is 78.9 Å². The molecule has 4 aromatic rings. The van der Waals surface area contributed by atoms with Crippen LogP contribution in [0.25, 0.3) is 17.0 Å². The van der Waals surface area contributed by atoms with E-state index in [2.05, 4.69) is 39.5 Å². The van der Waals surface area contributed by atoms with Gasteiger partial charge in [-0.15, -0.1) is 0 Å². The van der Waals surface area contributed by atoms with Crippen LogP contribution in [0, 0.1) is 0 Å². The third-order valence-corrected chi connectivity index (χ3v) is 6.40. The molecular weight excluding hydrogens is 422 g/mol. The lowest BCUT2D eigenvalue weighted by Gasteiger charge is -2.27. The second-order valence-corrected chi connectivity index (χ2v) is 8.79. The molecule has 5 rings (SSSR count). The second kappa shape index (κ2) is 9.98. The van der Waals surface area contributed by atoms with Crippen molar-refractivity contribution < 1.29 is 9.90 Å². The third kappa shape index (κ3) is 4.90. The minimum atomic E-state index is -0.0255. The molecule has 172 valence electrons.